The topological polar surface area (TPSA) is 105 Å². The summed E-state index contributed by atoms with van der Waals surface area (Å²) in [7, 11) is -3.14. The molecule has 21 heavy (non-hydrogen) atoms. The van der Waals surface area contributed by atoms with Crippen LogP contribution in [-0.4, -0.2) is 48.5 Å². The molecule has 0 aliphatic carbocycles. The maximum Gasteiger partial charge on any atom is 0.271 e. The highest BCUT2D eigenvalue weighted by molar-refractivity contribution is 7.89. The number of aromatic nitrogens is 1. The van der Waals surface area contributed by atoms with E-state index in [2.05, 4.69) is 10.3 Å². The molecule has 0 unspecified atom stereocenters. The van der Waals surface area contributed by atoms with Crippen molar-refractivity contribution >= 4 is 32.4 Å². The van der Waals surface area contributed by atoms with E-state index < -0.39 is 10.0 Å². The van der Waals surface area contributed by atoms with Crippen molar-refractivity contribution in [2.75, 3.05) is 24.6 Å². The summed E-state index contributed by atoms with van der Waals surface area (Å²) < 4.78 is 25.4. The second-order valence-electron chi connectivity index (χ2n) is 5.03. The second-order valence-corrected chi connectivity index (χ2v) is 8.01. The monoisotopic (exact) mass is 332 g/mol. The van der Waals surface area contributed by atoms with Crippen LogP contribution >= 0.6 is 11.3 Å². The van der Waals surface area contributed by atoms with E-state index in [1.807, 2.05) is 6.92 Å². The highest BCUT2D eigenvalue weighted by Gasteiger charge is 2.28. The van der Waals surface area contributed by atoms with E-state index >= 15 is 0 Å². The number of anilines is 1. The molecule has 1 aliphatic rings. The molecule has 0 aromatic carbocycles. The zero-order valence-electron chi connectivity index (χ0n) is 11.9. The van der Waals surface area contributed by atoms with Gasteiger partial charge in [-0.1, -0.05) is 6.92 Å². The first-order valence-corrected chi connectivity index (χ1v) is 9.41. The number of nitrogens with one attached hydrogen (secondary N) is 1. The summed E-state index contributed by atoms with van der Waals surface area (Å²) in [4.78, 5) is 15.9. The lowest BCUT2D eigenvalue weighted by Gasteiger charge is -2.31. The first-order valence-electron chi connectivity index (χ1n) is 6.92. The first-order chi connectivity index (χ1) is 9.92. The molecule has 2 rings (SSSR count). The minimum atomic E-state index is -3.14. The Morgan fingerprint density at radius 2 is 2.19 bits per heavy atom. The second kappa shape index (κ2) is 6.71. The molecule has 3 N–H and O–H groups in total. The van der Waals surface area contributed by atoms with Gasteiger partial charge in [0, 0.05) is 24.5 Å². The van der Waals surface area contributed by atoms with E-state index in [4.69, 9.17) is 5.73 Å². The molecule has 1 aromatic rings. The highest BCUT2D eigenvalue weighted by atomic mass is 32.2. The van der Waals surface area contributed by atoms with Crippen molar-refractivity contribution in [3.05, 3.63) is 11.1 Å². The molecule has 1 saturated heterocycles. The quantitative estimate of drug-likeness (QED) is 0.824. The fourth-order valence-electron chi connectivity index (χ4n) is 2.32. The summed E-state index contributed by atoms with van der Waals surface area (Å²) in [6.45, 7) is 2.75. The van der Waals surface area contributed by atoms with Gasteiger partial charge in [-0.15, -0.1) is 11.3 Å². The number of carbonyl (C=O) groups is 1. The van der Waals surface area contributed by atoms with E-state index in [-0.39, 0.29) is 17.7 Å². The number of hydrogen-bond acceptors (Lipinski definition) is 6. The van der Waals surface area contributed by atoms with Gasteiger partial charge in [0.2, 0.25) is 10.0 Å². The first kappa shape index (κ1) is 16.2. The molecule has 2 heterocycles. The smallest absolute Gasteiger partial charge is 0.271 e. The van der Waals surface area contributed by atoms with Crippen molar-refractivity contribution in [3.63, 3.8) is 0 Å². The van der Waals surface area contributed by atoms with E-state index in [1.54, 1.807) is 5.38 Å². The SMILES string of the molecule is CCCS(=O)(=O)N1CCC(NC(=O)c2csc(N)n2)CC1. The Balaban J connectivity index is 1.86. The zero-order chi connectivity index (χ0) is 15.5. The molecule has 0 radical (unpaired) electrons. The molecule has 1 amide bonds. The van der Waals surface area contributed by atoms with Crippen LogP contribution < -0.4 is 11.1 Å². The molecule has 7 nitrogen and oxygen atoms in total. The van der Waals surface area contributed by atoms with Crippen molar-refractivity contribution in [2.45, 2.75) is 32.2 Å². The molecule has 1 fully saturated rings. The minimum absolute atomic E-state index is 0.0199. The van der Waals surface area contributed by atoms with Crippen LogP contribution in [0.1, 0.15) is 36.7 Å². The molecular formula is C12H20N4O3S2. The van der Waals surface area contributed by atoms with Crippen molar-refractivity contribution in [2.24, 2.45) is 0 Å². The van der Waals surface area contributed by atoms with Gasteiger partial charge in [-0.3, -0.25) is 4.79 Å². The lowest BCUT2D eigenvalue weighted by Crippen LogP contribution is -2.47. The van der Waals surface area contributed by atoms with E-state index in [9.17, 15) is 13.2 Å². The van der Waals surface area contributed by atoms with Gasteiger partial charge in [0.25, 0.3) is 5.91 Å². The summed E-state index contributed by atoms with van der Waals surface area (Å²) in [5.74, 6) is -0.0694. The Labute approximate surface area is 128 Å². The van der Waals surface area contributed by atoms with Crippen LogP contribution in [0.15, 0.2) is 5.38 Å². The zero-order valence-corrected chi connectivity index (χ0v) is 13.5. The number of amides is 1. The van der Waals surface area contributed by atoms with Crippen molar-refractivity contribution in [1.29, 1.82) is 0 Å². The van der Waals surface area contributed by atoms with Crippen LogP contribution in [0.3, 0.4) is 0 Å². The minimum Gasteiger partial charge on any atom is -0.375 e. The largest absolute Gasteiger partial charge is 0.375 e. The molecule has 0 saturated carbocycles. The predicted octanol–water partition coefficient (Wildman–Crippen LogP) is 0.659. The summed E-state index contributed by atoms with van der Waals surface area (Å²) in [6, 6.07) is -0.0199. The van der Waals surface area contributed by atoms with Gasteiger partial charge < -0.3 is 11.1 Å². The Hall–Kier alpha value is -1.19. The fourth-order valence-corrected chi connectivity index (χ4v) is 4.40. The summed E-state index contributed by atoms with van der Waals surface area (Å²) >= 11 is 1.22. The third-order valence-corrected chi connectivity index (χ3v) is 6.15. The fraction of sp³-hybridized carbons (Fsp3) is 0.667. The molecule has 1 aliphatic heterocycles. The Bertz CT molecular complexity index is 591. The van der Waals surface area contributed by atoms with Gasteiger partial charge in [-0.2, -0.15) is 0 Å². The van der Waals surface area contributed by atoms with Gasteiger partial charge in [-0.25, -0.2) is 17.7 Å². The molecule has 0 spiro atoms. The molecule has 1 aromatic heterocycles. The Kier molecular flexibility index (Phi) is 5.17. The van der Waals surface area contributed by atoms with Gasteiger partial charge in [-0.05, 0) is 19.3 Å². The molecule has 0 atom stereocenters. The average molecular weight is 332 g/mol. The molecular weight excluding hydrogens is 312 g/mol. The maximum atomic E-state index is 12.0. The third kappa shape index (κ3) is 4.14. The maximum absolute atomic E-state index is 12.0. The summed E-state index contributed by atoms with van der Waals surface area (Å²) in [5, 5.41) is 4.86. The van der Waals surface area contributed by atoms with Crippen LogP contribution in [0.4, 0.5) is 5.13 Å². The van der Waals surface area contributed by atoms with Crippen LogP contribution in [0.2, 0.25) is 0 Å². The molecule has 0 bridgehead atoms. The van der Waals surface area contributed by atoms with Crippen LogP contribution in [0.5, 0.6) is 0 Å². The van der Waals surface area contributed by atoms with Crippen molar-refractivity contribution in [3.8, 4) is 0 Å². The number of piperidine rings is 1. The van der Waals surface area contributed by atoms with Crippen molar-refractivity contribution < 1.29 is 13.2 Å². The molecule has 118 valence electrons. The third-order valence-electron chi connectivity index (χ3n) is 3.40. The summed E-state index contributed by atoms with van der Waals surface area (Å²) in [6.07, 6.45) is 1.85. The normalized spacial score (nSPS) is 17.8. The van der Waals surface area contributed by atoms with E-state index in [0.717, 1.165) is 0 Å². The number of nitrogens with zero attached hydrogens (tertiary/aromatic N) is 2. The summed E-state index contributed by atoms with van der Waals surface area (Å²) in [5.41, 5.74) is 5.82. The van der Waals surface area contributed by atoms with Crippen LogP contribution in [0.25, 0.3) is 0 Å². The number of rotatable bonds is 5. The number of thiazole rings is 1. The van der Waals surface area contributed by atoms with E-state index in [0.29, 0.717) is 43.2 Å². The van der Waals surface area contributed by atoms with Crippen molar-refractivity contribution in [1.82, 2.24) is 14.6 Å². The number of hydrogen-bond donors (Lipinski definition) is 2. The highest BCUT2D eigenvalue weighted by Crippen LogP contribution is 2.16. The van der Waals surface area contributed by atoms with Gasteiger partial charge >= 0.3 is 0 Å². The molecule has 9 heteroatoms. The standard InChI is InChI=1S/C12H20N4O3S2/c1-2-7-21(18,19)16-5-3-9(4-6-16)14-11(17)10-8-20-12(13)15-10/h8-9H,2-7H2,1H3,(H2,13,15)(H,14,17). The van der Waals surface area contributed by atoms with Gasteiger partial charge in [0.1, 0.15) is 5.69 Å². The number of nitrogen functional groups attached to an aromatic ring is 1. The van der Waals surface area contributed by atoms with Crippen LogP contribution in [0, 0.1) is 0 Å². The van der Waals surface area contributed by atoms with Crippen LogP contribution in [-0.2, 0) is 10.0 Å². The predicted molar refractivity (Wildman–Crippen MR) is 82.7 cm³/mol. The number of carbonyl (C=O) groups excluding carboxylic acids is 1. The number of sulfonamides is 1. The average Bonchev–Trinajstić information content (AvgIpc) is 2.86. The van der Waals surface area contributed by atoms with E-state index in [1.165, 1.54) is 15.6 Å². The lowest BCUT2D eigenvalue weighted by molar-refractivity contribution is 0.0919. The van der Waals surface area contributed by atoms with Gasteiger partial charge in [0.05, 0.1) is 5.75 Å². The number of nitrogens with two attached hydrogens (primary N) is 1. The lowest BCUT2D eigenvalue weighted by atomic mass is 10.1. The Morgan fingerprint density at radius 1 is 1.52 bits per heavy atom. The Morgan fingerprint density at radius 3 is 2.71 bits per heavy atom. The van der Waals surface area contributed by atoms with Gasteiger partial charge in [0.15, 0.2) is 5.13 Å².